The third-order valence-electron chi connectivity index (χ3n) is 1.23. The smallest absolute Gasteiger partial charge is 0.0571 e. The van der Waals surface area contributed by atoms with Gasteiger partial charge in [-0.1, -0.05) is 11.6 Å². The van der Waals surface area contributed by atoms with Gasteiger partial charge in [0.15, 0.2) is 0 Å². The Morgan fingerprint density at radius 3 is 2.60 bits per heavy atom. The predicted molar refractivity (Wildman–Crippen MR) is 48.3 cm³/mol. The molecule has 1 aromatic rings. The number of hydrogen-bond donors (Lipinski definition) is 1. The van der Waals surface area contributed by atoms with Crippen molar-refractivity contribution in [3.63, 3.8) is 0 Å². The quantitative estimate of drug-likeness (QED) is 0.668. The highest BCUT2D eigenvalue weighted by atomic mass is 79.9. The van der Waals surface area contributed by atoms with Crippen LogP contribution in [-0.4, -0.2) is 0 Å². The van der Waals surface area contributed by atoms with E-state index < -0.39 is 0 Å². The maximum absolute atomic E-state index is 5.79. The molecule has 0 aliphatic rings. The van der Waals surface area contributed by atoms with Crippen LogP contribution in [0, 0.1) is 6.92 Å². The van der Waals surface area contributed by atoms with Gasteiger partial charge in [-0.05, 0) is 40.5 Å². The first-order chi connectivity index (χ1) is 4.61. The molecule has 0 bridgehead atoms. The van der Waals surface area contributed by atoms with Gasteiger partial charge in [-0.3, -0.25) is 0 Å². The van der Waals surface area contributed by atoms with Crippen molar-refractivity contribution < 1.29 is 0 Å². The molecule has 0 spiro atoms. The van der Waals surface area contributed by atoms with E-state index >= 15 is 0 Å². The highest BCUT2D eigenvalue weighted by Crippen LogP contribution is 2.28. The van der Waals surface area contributed by atoms with E-state index in [4.69, 9.17) is 17.3 Å². The summed E-state index contributed by atoms with van der Waals surface area (Å²) in [6, 6.07) is 3.59. The van der Waals surface area contributed by atoms with E-state index in [-0.39, 0.29) is 0 Å². The summed E-state index contributed by atoms with van der Waals surface area (Å²) in [6.45, 7) is 1.95. The van der Waals surface area contributed by atoms with Crippen LogP contribution in [0.3, 0.4) is 0 Å². The number of halogens is 2. The molecule has 0 aliphatic heterocycles. The lowest BCUT2D eigenvalue weighted by molar-refractivity contribution is 1.43. The van der Waals surface area contributed by atoms with E-state index in [9.17, 15) is 0 Å². The van der Waals surface area contributed by atoms with Crippen LogP contribution < -0.4 is 5.73 Å². The predicted octanol–water partition coefficient (Wildman–Crippen LogP) is 2.99. The highest BCUT2D eigenvalue weighted by molar-refractivity contribution is 9.10. The Bertz CT molecular complexity index is 237. The van der Waals surface area contributed by atoms with Gasteiger partial charge in [0.2, 0.25) is 0 Å². The zero-order valence-corrected chi connectivity index (χ0v) is 7.83. The Morgan fingerprint density at radius 2 is 2.10 bits per heavy atom. The normalized spacial score (nSPS) is 9.90. The standard InChI is InChI=1S/C7H7BrClN/c1-4-2-5(10)3-6(9)7(4)8/h2-3H,10H2,1H3. The van der Waals surface area contributed by atoms with Crippen molar-refractivity contribution in [2.45, 2.75) is 6.92 Å². The molecular weight excluding hydrogens is 213 g/mol. The van der Waals surface area contributed by atoms with Gasteiger partial charge in [0.25, 0.3) is 0 Å². The Kier molecular flexibility index (Phi) is 2.21. The van der Waals surface area contributed by atoms with Crippen molar-refractivity contribution in [3.05, 3.63) is 27.2 Å². The molecule has 0 fully saturated rings. The average Bonchev–Trinajstić information content (AvgIpc) is 1.82. The summed E-state index contributed by atoms with van der Waals surface area (Å²) in [7, 11) is 0. The van der Waals surface area contributed by atoms with Crippen molar-refractivity contribution in [1.29, 1.82) is 0 Å². The first-order valence-electron chi connectivity index (χ1n) is 2.82. The van der Waals surface area contributed by atoms with E-state index in [0.717, 1.165) is 10.0 Å². The first-order valence-corrected chi connectivity index (χ1v) is 3.99. The van der Waals surface area contributed by atoms with E-state index in [1.54, 1.807) is 6.07 Å². The van der Waals surface area contributed by atoms with Crippen LogP contribution in [0.1, 0.15) is 5.56 Å². The molecule has 10 heavy (non-hydrogen) atoms. The van der Waals surface area contributed by atoms with E-state index in [1.807, 2.05) is 13.0 Å². The molecule has 1 rings (SSSR count). The van der Waals surface area contributed by atoms with E-state index in [2.05, 4.69) is 15.9 Å². The first kappa shape index (κ1) is 7.89. The van der Waals surface area contributed by atoms with Gasteiger partial charge in [0, 0.05) is 10.2 Å². The third kappa shape index (κ3) is 1.44. The fourth-order valence-electron chi connectivity index (χ4n) is 0.753. The molecule has 2 N–H and O–H groups in total. The SMILES string of the molecule is Cc1cc(N)cc(Cl)c1Br. The van der Waals surface area contributed by atoms with Crippen LogP contribution in [0.2, 0.25) is 5.02 Å². The number of rotatable bonds is 0. The molecule has 0 aromatic heterocycles. The van der Waals surface area contributed by atoms with Gasteiger partial charge in [0.1, 0.15) is 0 Å². The number of aryl methyl sites for hydroxylation is 1. The zero-order chi connectivity index (χ0) is 7.72. The van der Waals surface area contributed by atoms with Crippen molar-refractivity contribution in [1.82, 2.24) is 0 Å². The fraction of sp³-hybridized carbons (Fsp3) is 0.143. The molecule has 54 valence electrons. The molecule has 0 aliphatic carbocycles. The average molecular weight is 220 g/mol. The molecule has 1 aromatic carbocycles. The van der Waals surface area contributed by atoms with Crippen LogP contribution in [0.15, 0.2) is 16.6 Å². The number of anilines is 1. The molecule has 1 nitrogen and oxygen atoms in total. The Morgan fingerprint density at radius 1 is 1.50 bits per heavy atom. The molecule has 0 unspecified atom stereocenters. The minimum Gasteiger partial charge on any atom is -0.399 e. The molecular formula is C7H7BrClN. The maximum Gasteiger partial charge on any atom is 0.0571 e. The van der Waals surface area contributed by atoms with Crippen molar-refractivity contribution in [2.24, 2.45) is 0 Å². The Balaban J connectivity index is 3.31. The lowest BCUT2D eigenvalue weighted by Gasteiger charge is -2.01. The van der Waals surface area contributed by atoms with Gasteiger partial charge in [-0.2, -0.15) is 0 Å². The zero-order valence-electron chi connectivity index (χ0n) is 5.49. The van der Waals surface area contributed by atoms with Crippen LogP contribution in [0.5, 0.6) is 0 Å². The summed E-state index contributed by atoms with van der Waals surface area (Å²) in [5, 5.41) is 0.664. The van der Waals surface area contributed by atoms with Gasteiger partial charge in [0.05, 0.1) is 5.02 Å². The largest absolute Gasteiger partial charge is 0.399 e. The lowest BCUT2D eigenvalue weighted by Crippen LogP contribution is -1.86. The van der Waals surface area contributed by atoms with Crippen LogP contribution in [0.4, 0.5) is 5.69 Å². The molecule has 0 saturated heterocycles. The van der Waals surface area contributed by atoms with E-state index in [0.29, 0.717) is 10.7 Å². The van der Waals surface area contributed by atoms with Gasteiger partial charge < -0.3 is 5.73 Å². The van der Waals surface area contributed by atoms with Crippen LogP contribution in [-0.2, 0) is 0 Å². The summed E-state index contributed by atoms with van der Waals surface area (Å²) in [5.41, 5.74) is 7.28. The van der Waals surface area contributed by atoms with Crippen molar-refractivity contribution in [3.8, 4) is 0 Å². The monoisotopic (exact) mass is 219 g/mol. The number of hydrogen-bond acceptors (Lipinski definition) is 1. The lowest BCUT2D eigenvalue weighted by atomic mass is 10.2. The Hall–Kier alpha value is -0.210. The summed E-state index contributed by atoms with van der Waals surface area (Å²) in [6.07, 6.45) is 0. The number of nitrogens with two attached hydrogens (primary N) is 1. The summed E-state index contributed by atoms with van der Waals surface area (Å²) >= 11 is 9.12. The minimum absolute atomic E-state index is 0.664. The highest BCUT2D eigenvalue weighted by Gasteiger charge is 2.00. The number of nitrogen functional groups attached to an aromatic ring is 1. The summed E-state index contributed by atoms with van der Waals surface area (Å²) in [4.78, 5) is 0. The summed E-state index contributed by atoms with van der Waals surface area (Å²) < 4.78 is 0.920. The minimum atomic E-state index is 0.664. The molecule has 3 heteroatoms. The van der Waals surface area contributed by atoms with Crippen LogP contribution in [0.25, 0.3) is 0 Å². The molecule has 0 atom stereocenters. The topological polar surface area (TPSA) is 26.0 Å². The second-order valence-corrected chi connectivity index (χ2v) is 3.33. The second-order valence-electron chi connectivity index (χ2n) is 2.13. The fourth-order valence-corrected chi connectivity index (χ4v) is 1.26. The molecule has 0 amide bonds. The van der Waals surface area contributed by atoms with Gasteiger partial charge >= 0.3 is 0 Å². The van der Waals surface area contributed by atoms with Crippen LogP contribution >= 0.6 is 27.5 Å². The molecule has 0 heterocycles. The third-order valence-corrected chi connectivity index (χ3v) is 2.81. The molecule has 0 saturated carbocycles. The second kappa shape index (κ2) is 2.81. The Labute approximate surface area is 73.3 Å². The summed E-state index contributed by atoms with van der Waals surface area (Å²) in [5.74, 6) is 0. The van der Waals surface area contributed by atoms with Gasteiger partial charge in [-0.15, -0.1) is 0 Å². The molecule has 0 radical (unpaired) electrons. The number of benzene rings is 1. The maximum atomic E-state index is 5.79. The van der Waals surface area contributed by atoms with E-state index in [1.165, 1.54) is 0 Å². The van der Waals surface area contributed by atoms with Crippen molar-refractivity contribution in [2.75, 3.05) is 5.73 Å². The van der Waals surface area contributed by atoms with Gasteiger partial charge in [-0.25, -0.2) is 0 Å². The van der Waals surface area contributed by atoms with Crippen molar-refractivity contribution >= 4 is 33.2 Å².